The molecule has 0 aliphatic carbocycles. The zero-order valence-corrected chi connectivity index (χ0v) is 9.00. The molecular weight excluding hydrogens is 194 g/mol. The Morgan fingerprint density at radius 1 is 1.73 bits per heavy atom. The number of nitriles is 1. The fourth-order valence-electron chi connectivity index (χ4n) is 1.25. The van der Waals surface area contributed by atoms with Crippen LogP contribution in [-0.4, -0.2) is 17.1 Å². The molecule has 0 fully saturated rings. The maximum Gasteiger partial charge on any atom is 0.257 e. The first kappa shape index (κ1) is 11.2. The molecule has 1 rings (SSSR count). The van der Waals surface area contributed by atoms with Gasteiger partial charge in [0.15, 0.2) is 0 Å². The maximum atomic E-state index is 11.7. The SMILES string of the molecule is CCc1noc(C)c1C(=O)N[C@@H](C)C#N. The van der Waals surface area contributed by atoms with Crippen molar-refractivity contribution < 1.29 is 9.32 Å². The Morgan fingerprint density at radius 3 is 2.93 bits per heavy atom. The van der Waals surface area contributed by atoms with Gasteiger partial charge >= 0.3 is 0 Å². The van der Waals surface area contributed by atoms with Gasteiger partial charge in [-0.1, -0.05) is 12.1 Å². The van der Waals surface area contributed by atoms with E-state index < -0.39 is 6.04 Å². The Bertz CT molecular complexity index is 403. The minimum atomic E-state index is -0.517. The second-order valence-corrected chi connectivity index (χ2v) is 3.24. The fourth-order valence-corrected chi connectivity index (χ4v) is 1.25. The van der Waals surface area contributed by atoms with Gasteiger partial charge in [-0.05, 0) is 20.3 Å². The third-order valence-electron chi connectivity index (χ3n) is 2.04. The number of aromatic nitrogens is 1. The molecular formula is C10H13N3O2. The molecule has 0 aromatic carbocycles. The van der Waals surface area contributed by atoms with Gasteiger partial charge < -0.3 is 9.84 Å². The third-order valence-corrected chi connectivity index (χ3v) is 2.04. The van der Waals surface area contributed by atoms with Crippen molar-refractivity contribution in [2.75, 3.05) is 0 Å². The minimum absolute atomic E-state index is 0.306. The first-order chi connectivity index (χ1) is 7.10. The Labute approximate surface area is 88.1 Å². The Kier molecular flexibility index (Phi) is 3.45. The summed E-state index contributed by atoms with van der Waals surface area (Å²) in [5, 5.41) is 14.9. The van der Waals surface area contributed by atoms with E-state index in [9.17, 15) is 4.79 Å². The molecule has 0 unspecified atom stereocenters. The van der Waals surface area contributed by atoms with E-state index in [1.807, 2.05) is 13.0 Å². The van der Waals surface area contributed by atoms with Crippen molar-refractivity contribution in [3.05, 3.63) is 17.0 Å². The normalized spacial score (nSPS) is 11.9. The van der Waals surface area contributed by atoms with Gasteiger partial charge in [0.2, 0.25) is 0 Å². The van der Waals surface area contributed by atoms with E-state index in [4.69, 9.17) is 9.78 Å². The van der Waals surface area contributed by atoms with Gasteiger partial charge in [0.05, 0.1) is 11.8 Å². The summed E-state index contributed by atoms with van der Waals surface area (Å²) in [6, 6.07) is 1.41. The standard InChI is InChI=1S/C10H13N3O2/c1-4-8-9(7(3)15-13-8)10(14)12-6(2)5-11/h6H,4H2,1-3H3,(H,12,14)/t6-/m0/s1. The molecule has 0 aliphatic heterocycles. The minimum Gasteiger partial charge on any atom is -0.361 e. The van der Waals surface area contributed by atoms with Crippen molar-refractivity contribution in [2.45, 2.75) is 33.2 Å². The van der Waals surface area contributed by atoms with Crippen LogP contribution in [0.15, 0.2) is 4.52 Å². The fraction of sp³-hybridized carbons (Fsp3) is 0.500. The molecule has 1 N–H and O–H groups in total. The summed E-state index contributed by atoms with van der Waals surface area (Å²) in [6.07, 6.45) is 0.626. The first-order valence-electron chi connectivity index (χ1n) is 4.75. The van der Waals surface area contributed by atoms with Gasteiger partial charge in [-0.3, -0.25) is 4.79 Å². The van der Waals surface area contributed by atoms with Crippen LogP contribution in [0.3, 0.4) is 0 Å². The number of carbonyl (C=O) groups excluding carboxylic acids is 1. The molecule has 1 heterocycles. The van der Waals surface area contributed by atoms with Gasteiger partial charge in [-0.25, -0.2) is 0 Å². The lowest BCUT2D eigenvalue weighted by atomic mass is 10.1. The van der Waals surface area contributed by atoms with Gasteiger partial charge in [0.25, 0.3) is 5.91 Å². The van der Waals surface area contributed by atoms with Crippen LogP contribution in [-0.2, 0) is 6.42 Å². The number of hydrogen-bond acceptors (Lipinski definition) is 4. The van der Waals surface area contributed by atoms with E-state index in [-0.39, 0.29) is 5.91 Å². The van der Waals surface area contributed by atoms with E-state index >= 15 is 0 Å². The topological polar surface area (TPSA) is 78.9 Å². The average molecular weight is 207 g/mol. The van der Waals surface area contributed by atoms with Crippen LogP contribution >= 0.6 is 0 Å². The summed E-state index contributed by atoms with van der Waals surface area (Å²) in [4.78, 5) is 11.7. The van der Waals surface area contributed by atoms with Crippen LogP contribution in [0, 0.1) is 18.3 Å². The number of aryl methyl sites for hydroxylation is 2. The largest absolute Gasteiger partial charge is 0.361 e. The molecule has 80 valence electrons. The molecule has 1 atom stereocenters. The number of amides is 1. The molecule has 1 aromatic heterocycles. The highest BCUT2D eigenvalue weighted by Gasteiger charge is 2.19. The smallest absolute Gasteiger partial charge is 0.257 e. The molecule has 0 bridgehead atoms. The molecule has 5 heteroatoms. The number of nitrogens with one attached hydrogen (secondary N) is 1. The maximum absolute atomic E-state index is 11.7. The zero-order valence-electron chi connectivity index (χ0n) is 9.00. The highest BCUT2D eigenvalue weighted by molar-refractivity contribution is 5.96. The summed E-state index contributed by atoms with van der Waals surface area (Å²) in [5.74, 6) is 0.175. The summed E-state index contributed by atoms with van der Waals surface area (Å²) >= 11 is 0. The van der Waals surface area contributed by atoms with Crippen LogP contribution in [0.4, 0.5) is 0 Å². The zero-order chi connectivity index (χ0) is 11.4. The van der Waals surface area contributed by atoms with Crippen LogP contribution in [0.5, 0.6) is 0 Å². The number of hydrogen-bond donors (Lipinski definition) is 1. The van der Waals surface area contributed by atoms with Crippen molar-refractivity contribution in [1.29, 1.82) is 5.26 Å². The molecule has 0 aliphatic rings. The number of carbonyl (C=O) groups is 1. The van der Waals surface area contributed by atoms with Gasteiger partial charge in [0.1, 0.15) is 17.4 Å². The molecule has 1 amide bonds. The molecule has 0 spiro atoms. The second-order valence-electron chi connectivity index (χ2n) is 3.24. The second kappa shape index (κ2) is 4.60. The lowest BCUT2D eigenvalue weighted by molar-refractivity contribution is 0.0945. The van der Waals surface area contributed by atoms with Gasteiger partial charge in [-0.2, -0.15) is 5.26 Å². The molecule has 0 saturated carbocycles. The third kappa shape index (κ3) is 2.34. The van der Waals surface area contributed by atoms with E-state index in [0.29, 0.717) is 23.4 Å². The van der Waals surface area contributed by atoms with Crippen molar-refractivity contribution in [2.24, 2.45) is 0 Å². The summed E-state index contributed by atoms with van der Waals surface area (Å²) < 4.78 is 4.93. The molecule has 15 heavy (non-hydrogen) atoms. The van der Waals surface area contributed by atoms with Crippen LogP contribution in [0.1, 0.15) is 35.7 Å². The highest BCUT2D eigenvalue weighted by atomic mass is 16.5. The first-order valence-corrected chi connectivity index (χ1v) is 4.75. The van der Waals surface area contributed by atoms with E-state index in [1.165, 1.54) is 0 Å². The van der Waals surface area contributed by atoms with E-state index in [0.717, 1.165) is 0 Å². The molecule has 1 aromatic rings. The summed E-state index contributed by atoms with van der Waals surface area (Å²) in [7, 11) is 0. The van der Waals surface area contributed by atoms with Crippen molar-refractivity contribution in [3.8, 4) is 6.07 Å². The molecule has 5 nitrogen and oxygen atoms in total. The van der Waals surface area contributed by atoms with Gasteiger partial charge in [0, 0.05) is 0 Å². The average Bonchev–Trinajstić information content (AvgIpc) is 2.59. The Hall–Kier alpha value is -1.83. The van der Waals surface area contributed by atoms with Crippen LogP contribution in [0.2, 0.25) is 0 Å². The van der Waals surface area contributed by atoms with Crippen LogP contribution in [0.25, 0.3) is 0 Å². The number of nitrogens with zero attached hydrogens (tertiary/aromatic N) is 2. The van der Waals surface area contributed by atoms with Gasteiger partial charge in [-0.15, -0.1) is 0 Å². The molecule has 0 radical (unpaired) electrons. The van der Waals surface area contributed by atoms with Crippen LogP contribution < -0.4 is 5.32 Å². The van der Waals surface area contributed by atoms with E-state index in [1.54, 1.807) is 13.8 Å². The number of rotatable bonds is 3. The monoisotopic (exact) mass is 207 g/mol. The lowest BCUT2D eigenvalue weighted by Gasteiger charge is -2.05. The highest BCUT2D eigenvalue weighted by Crippen LogP contribution is 2.13. The Balaban J connectivity index is 2.91. The quantitative estimate of drug-likeness (QED) is 0.807. The predicted molar refractivity (Wildman–Crippen MR) is 53.2 cm³/mol. The predicted octanol–water partition coefficient (Wildman–Crippen LogP) is 1.19. The van der Waals surface area contributed by atoms with Crippen molar-refractivity contribution >= 4 is 5.91 Å². The molecule has 0 saturated heterocycles. The van der Waals surface area contributed by atoms with E-state index in [2.05, 4.69) is 10.5 Å². The summed E-state index contributed by atoms with van der Waals surface area (Å²) in [5.41, 5.74) is 1.06. The van der Waals surface area contributed by atoms with Crippen molar-refractivity contribution in [3.63, 3.8) is 0 Å². The summed E-state index contributed by atoms with van der Waals surface area (Å²) in [6.45, 7) is 5.19. The lowest BCUT2D eigenvalue weighted by Crippen LogP contribution is -2.32. The van der Waals surface area contributed by atoms with Crippen molar-refractivity contribution in [1.82, 2.24) is 10.5 Å². The Morgan fingerprint density at radius 2 is 2.40 bits per heavy atom.